The van der Waals surface area contributed by atoms with Crippen molar-refractivity contribution >= 4 is 40.2 Å². The van der Waals surface area contributed by atoms with Crippen molar-refractivity contribution in [2.45, 2.75) is 43.0 Å². The molecular formula is C26H28F2N4O5S. The Kier molecular flexibility index (Phi) is 7.13. The highest BCUT2D eigenvalue weighted by molar-refractivity contribution is 7.87. The van der Waals surface area contributed by atoms with Crippen molar-refractivity contribution in [2.75, 3.05) is 24.7 Å². The molecule has 202 valence electrons. The number of urea groups is 1. The molecule has 0 radical (unpaired) electrons. The average molecular weight is 547 g/mol. The van der Waals surface area contributed by atoms with Gasteiger partial charge in [0.25, 0.3) is 5.91 Å². The predicted octanol–water partition coefficient (Wildman–Crippen LogP) is 2.28. The number of hydrogen-bond donors (Lipinski definition) is 2. The van der Waals surface area contributed by atoms with Crippen molar-refractivity contribution < 1.29 is 32.2 Å². The first kappa shape index (κ1) is 27.4. The molecule has 1 unspecified atom stereocenters. The van der Waals surface area contributed by atoms with Crippen LogP contribution in [0.1, 0.15) is 25.0 Å². The van der Waals surface area contributed by atoms with Crippen LogP contribution in [0.15, 0.2) is 54.7 Å². The lowest BCUT2D eigenvalue weighted by atomic mass is 9.95. The summed E-state index contributed by atoms with van der Waals surface area (Å²) in [6, 6.07) is 3.86. The SMILES string of the molecule is C=C(F)/C=C(F)\C=C\[C@H]1CS(=O)C(C)(C)C(=O)N1CC(=O)Nc1ccc2c(c1)C[C@@]1(C2)C(=O)NC(=O)N1C. The third-order valence-electron chi connectivity index (χ3n) is 7.20. The maximum atomic E-state index is 13.9. The molecule has 2 fully saturated rings. The first-order chi connectivity index (χ1) is 17.7. The predicted molar refractivity (Wildman–Crippen MR) is 138 cm³/mol. The molecule has 5 amide bonds. The molecule has 2 saturated heterocycles. The standard InChI is InChI=1S/C26H28F2N4O5S/c1-15(27)9-18(28)6-8-20-14-38(37)25(2,3)23(35)32(20)13-21(33)29-19-7-5-16-11-26(12-17(16)10-19)22(34)30-24(36)31(26)4/h5-10,20H,1,11-14H2,2-4H3,(H,29,33)(H,30,34,36)/b8-6+,18-9+/t20-,26-,38?/m0/s1. The van der Waals surface area contributed by atoms with Crippen molar-refractivity contribution in [1.29, 1.82) is 0 Å². The number of hydrogen-bond acceptors (Lipinski definition) is 5. The van der Waals surface area contributed by atoms with Crippen LogP contribution in [-0.4, -0.2) is 73.4 Å². The highest BCUT2D eigenvalue weighted by Gasteiger charge is 2.54. The number of anilines is 1. The summed E-state index contributed by atoms with van der Waals surface area (Å²) in [6.07, 6.45) is 3.43. The zero-order valence-electron chi connectivity index (χ0n) is 21.2. The monoisotopic (exact) mass is 546 g/mol. The van der Waals surface area contributed by atoms with E-state index >= 15 is 0 Å². The van der Waals surface area contributed by atoms with Gasteiger partial charge in [-0.05, 0) is 43.2 Å². The highest BCUT2D eigenvalue weighted by atomic mass is 32.2. The summed E-state index contributed by atoms with van der Waals surface area (Å²) in [4.78, 5) is 53.2. The average Bonchev–Trinajstić information content (AvgIpc) is 3.31. The van der Waals surface area contributed by atoms with Gasteiger partial charge in [0, 0.05) is 48.2 Å². The number of fused-ring (bicyclic) bond motifs is 1. The summed E-state index contributed by atoms with van der Waals surface area (Å²) >= 11 is 0. The van der Waals surface area contributed by atoms with Gasteiger partial charge < -0.3 is 15.1 Å². The molecule has 3 atom stereocenters. The van der Waals surface area contributed by atoms with Gasteiger partial charge in [-0.3, -0.25) is 23.9 Å². The van der Waals surface area contributed by atoms with Gasteiger partial charge in [0.05, 0.1) is 6.04 Å². The maximum Gasteiger partial charge on any atom is 0.324 e. The number of nitrogens with zero attached hydrogens (tertiary/aromatic N) is 2. The molecule has 12 heteroatoms. The van der Waals surface area contributed by atoms with E-state index < -0.39 is 63.2 Å². The van der Waals surface area contributed by atoms with E-state index in [0.29, 0.717) is 24.6 Å². The molecule has 0 bridgehead atoms. The first-order valence-corrected chi connectivity index (χ1v) is 13.2. The minimum absolute atomic E-state index is 0.0262. The molecule has 1 spiro atoms. The zero-order chi connectivity index (χ0) is 28.0. The molecule has 1 aliphatic carbocycles. The van der Waals surface area contributed by atoms with Crippen LogP contribution in [0.25, 0.3) is 0 Å². The summed E-state index contributed by atoms with van der Waals surface area (Å²) in [6.45, 7) is 5.60. The summed E-state index contributed by atoms with van der Waals surface area (Å²) in [5, 5.41) is 5.07. The lowest BCUT2D eigenvalue weighted by Crippen LogP contribution is -2.60. The summed E-state index contributed by atoms with van der Waals surface area (Å²) < 4.78 is 38.2. The van der Waals surface area contributed by atoms with E-state index in [9.17, 15) is 32.2 Å². The molecule has 1 aromatic carbocycles. The van der Waals surface area contributed by atoms with Crippen molar-refractivity contribution in [1.82, 2.24) is 15.1 Å². The maximum absolute atomic E-state index is 13.9. The van der Waals surface area contributed by atoms with Crippen LogP contribution in [0.3, 0.4) is 0 Å². The van der Waals surface area contributed by atoms with Gasteiger partial charge in [-0.15, -0.1) is 0 Å². The summed E-state index contributed by atoms with van der Waals surface area (Å²) in [7, 11) is -0.0220. The fourth-order valence-electron chi connectivity index (χ4n) is 4.93. The van der Waals surface area contributed by atoms with Gasteiger partial charge in [0.2, 0.25) is 11.8 Å². The largest absolute Gasteiger partial charge is 0.325 e. The van der Waals surface area contributed by atoms with Crippen molar-refractivity contribution in [3.05, 3.63) is 65.8 Å². The molecule has 2 N–H and O–H groups in total. The molecule has 3 aliphatic rings. The Hall–Kier alpha value is -3.67. The second kappa shape index (κ2) is 9.90. The molecular weight excluding hydrogens is 518 g/mol. The van der Waals surface area contributed by atoms with Gasteiger partial charge in [-0.25, -0.2) is 13.6 Å². The number of halogens is 2. The highest BCUT2D eigenvalue weighted by Crippen LogP contribution is 2.38. The van der Waals surface area contributed by atoms with Crippen LogP contribution in [0.2, 0.25) is 0 Å². The number of likely N-dealkylation sites (N-methyl/N-ethyl adjacent to an activating group) is 1. The smallest absolute Gasteiger partial charge is 0.324 e. The zero-order valence-corrected chi connectivity index (χ0v) is 22.0. The van der Waals surface area contributed by atoms with E-state index in [4.69, 9.17) is 0 Å². The molecule has 4 rings (SSSR count). The third-order valence-corrected chi connectivity index (χ3v) is 9.16. The topological polar surface area (TPSA) is 116 Å². The third kappa shape index (κ3) is 4.92. The van der Waals surface area contributed by atoms with E-state index in [1.165, 1.54) is 29.7 Å². The molecule has 0 aromatic heterocycles. The fraction of sp³-hybridized carbons (Fsp3) is 0.385. The number of nitrogens with one attached hydrogen (secondary N) is 2. The van der Waals surface area contributed by atoms with Crippen LogP contribution >= 0.6 is 0 Å². The Balaban J connectivity index is 1.50. The van der Waals surface area contributed by atoms with Crippen molar-refractivity contribution in [3.63, 3.8) is 0 Å². The number of allylic oxidation sites excluding steroid dienone is 4. The molecule has 9 nitrogen and oxygen atoms in total. The Bertz CT molecular complexity index is 1340. The van der Waals surface area contributed by atoms with Crippen LogP contribution in [0.4, 0.5) is 19.3 Å². The van der Waals surface area contributed by atoms with Crippen molar-refractivity contribution in [3.8, 4) is 0 Å². The van der Waals surface area contributed by atoms with Gasteiger partial charge >= 0.3 is 6.03 Å². The van der Waals surface area contributed by atoms with E-state index in [1.54, 1.807) is 25.2 Å². The van der Waals surface area contributed by atoms with Gasteiger partial charge in [-0.1, -0.05) is 18.7 Å². The molecule has 2 heterocycles. The van der Waals surface area contributed by atoms with E-state index in [0.717, 1.165) is 17.2 Å². The van der Waals surface area contributed by atoms with E-state index in [-0.39, 0.29) is 11.7 Å². The Labute approximate surface area is 221 Å². The Morgan fingerprint density at radius 3 is 2.55 bits per heavy atom. The number of carbonyl (C=O) groups excluding carboxylic acids is 4. The van der Waals surface area contributed by atoms with Crippen LogP contribution in [-0.2, 0) is 38.0 Å². The lowest BCUT2D eigenvalue weighted by molar-refractivity contribution is -0.138. The number of rotatable bonds is 6. The Morgan fingerprint density at radius 2 is 1.92 bits per heavy atom. The van der Waals surface area contributed by atoms with Gasteiger partial charge in [-0.2, -0.15) is 0 Å². The molecule has 1 aromatic rings. The number of benzene rings is 1. The summed E-state index contributed by atoms with van der Waals surface area (Å²) in [5.41, 5.74) is 1.13. The number of amides is 5. The molecule has 0 saturated carbocycles. The van der Waals surface area contributed by atoms with E-state index in [2.05, 4.69) is 17.2 Å². The Morgan fingerprint density at radius 1 is 1.24 bits per heavy atom. The lowest BCUT2D eigenvalue weighted by Gasteiger charge is -2.40. The van der Waals surface area contributed by atoms with Crippen molar-refractivity contribution in [2.24, 2.45) is 0 Å². The second-order valence-electron chi connectivity index (χ2n) is 10.1. The number of imide groups is 1. The van der Waals surface area contributed by atoms with Gasteiger partial charge in [0.15, 0.2) is 0 Å². The normalized spacial score (nSPS) is 26.8. The van der Waals surface area contributed by atoms with Gasteiger partial charge in [0.1, 0.15) is 28.5 Å². The van der Waals surface area contributed by atoms with E-state index in [1.807, 2.05) is 0 Å². The molecule has 2 aliphatic heterocycles. The van der Waals surface area contributed by atoms with Crippen LogP contribution in [0.5, 0.6) is 0 Å². The summed E-state index contributed by atoms with van der Waals surface area (Å²) in [5.74, 6) is -3.39. The minimum Gasteiger partial charge on any atom is -0.325 e. The number of carbonyl (C=O) groups is 4. The minimum atomic E-state index is -1.59. The quantitative estimate of drug-likeness (QED) is 0.420. The van der Waals surface area contributed by atoms with Crippen LogP contribution in [0, 0.1) is 0 Å². The second-order valence-corrected chi connectivity index (χ2v) is 12.1. The fourth-order valence-corrected chi connectivity index (χ4v) is 6.26. The van der Waals surface area contributed by atoms with Crippen LogP contribution < -0.4 is 10.6 Å². The molecule has 38 heavy (non-hydrogen) atoms. The first-order valence-electron chi connectivity index (χ1n) is 11.8.